The molecule has 3 fully saturated rings. The van der Waals surface area contributed by atoms with E-state index in [1.54, 1.807) is 6.07 Å². The lowest BCUT2D eigenvalue weighted by molar-refractivity contribution is -0.137. The molecular formula is C24H35ClN4O5. The Balaban J connectivity index is 1.22. The summed E-state index contributed by atoms with van der Waals surface area (Å²) in [5, 5.41) is 3.25. The molecule has 188 valence electrons. The van der Waals surface area contributed by atoms with Crippen LogP contribution in [0.5, 0.6) is 5.75 Å². The van der Waals surface area contributed by atoms with E-state index in [9.17, 15) is 9.59 Å². The Morgan fingerprint density at radius 1 is 1.21 bits per heavy atom. The van der Waals surface area contributed by atoms with Crippen molar-refractivity contribution >= 4 is 29.1 Å². The molecule has 0 bridgehead atoms. The number of benzene rings is 1. The lowest BCUT2D eigenvalue weighted by atomic mass is 9.94. The maximum Gasteiger partial charge on any atom is 0.255 e. The Morgan fingerprint density at radius 3 is 2.71 bits per heavy atom. The van der Waals surface area contributed by atoms with Gasteiger partial charge in [0, 0.05) is 51.9 Å². The molecule has 1 aromatic rings. The molecule has 2 atom stereocenters. The number of rotatable bonds is 7. The van der Waals surface area contributed by atoms with Crippen molar-refractivity contribution < 1.29 is 23.8 Å². The largest absolute Gasteiger partial charge is 0.496 e. The van der Waals surface area contributed by atoms with Crippen LogP contribution in [0.2, 0.25) is 5.02 Å². The minimum absolute atomic E-state index is 0.0519. The van der Waals surface area contributed by atoms with Gasteiger partial charge < -0.3 is 30.2 Å². The number of carbonyl (C=O) groups is 2. The van der Waals surface area contributed by atoms with E-state index in [1.165, 1.54) is 13.2 Å². The monoisotopic (exact) mass is 494 g/mol. The van der Waals surface area contributed by atoms with Gasteiger partial charge in [-0.15, -0.1) is 0 Å². The summed E-state index contributed by atoms with van der Waals surface area (Å²) in [6.07, 6.45) is 2.81. The van der Waals surface area contributed by atoms with Crippen LogP contribution in [0.4, 0.5) is 5.69 Å². The standard InChI is InChI=1S/C24H35ClN4O5/c1-32-22-11-21(26)20(25)10-19(22)23(30)27-12-18-14-28(7-9-34-18)13-16-2-5-29(6-3-16)24(31)17-4-8-33-15-17/h10-11,16-18H,2-9,12-15,26H2,1H3,(H,27,30). The minimum Gasteiger partial charge on any atom is -0.496 e. The highest BCUT2D eigenvalue weighted by atomic mass is 35.5. The number of hydrogen-bond donors (Lipinski definition) is 2. The fourth-order valence-electron chi connectivity index (χ4n) is 4.98. The van der Waals surface area contributed by atoms with Crippen LogP contribution >= 0.6 is 11.6 Å². The average Bonchev–Trinajstić information content (AvgIpc) is 3.39. The number of nitrogen functional groups attached to an aromatic ring is 1. The molecule has 0 aliphatic carbocycles. The number of ether oxygens (including phenoxy) is 3. The van der Waals surface area contributed by atoms with Gasteiger partial charge in [0.15, 0.2) is 0 Å². The molecule has 3 aliphatic rings. The van der Waals surface area contributed by atoms with Crippen LogP contribution in [0.1, 0.15) is 29.6 Å². The second-order valence-corrected chi connectivity index (χ2v) is 9.77. The van der Waals surface area contributed by atoms with Gasteiger partial charge in [-0.25, -0.2) is 0 Å². The second-order valence-electron chi connectivity index (χ2n) is 9.37. The number of halogens is 1. The first-order valence-corrected chi connectivity index (χ1v) is 12.4. The Bertz CT molecular complexity index is 871. The van der Waals surface area contributed by atoms with Crippen molar-refractivity contribution in [2.45, 2.75) is 25.4 Å². The lowest BCUT2D eigenvalue weighted by Crippen LogP contribution is -2.50. The molecule has 2 unspecified atom stereocenters. The summed E-state index contributed by atoms with van der Waals surface area (Å²) in [6, 6.07) is 3.08. The van der Waals surface area contributed by atoms with Crippen molar-refractivity contribution in [2.75, 3.05) is 71.9 Å². The number of amides is 2. The summed E-state index contributed by atoms with van der Waals surface area (Å²) < 4.78 is 16.5. The van der Waals surface area contributed by atoms with Crippen molar-refractivity contribution in [1.29, 1.82) is 0 Å². The predicted molar refractivity (Wildman–Crippen MR) is 129 cm³/mol. The summed E-state index contributed by atoms with van der Waals surface area (Å²) in [7, 11) is 1.49. The first-order chi connectivity index (χ1) is 16.4. The van der Waals surface area contributed by atoms with Gasteiger partial charge in [-0.05, 0) is 31.2 Å². The van der Waals surface area contributed by atoms with Crippen LogP contribution < -0.4 is 15.8 Å². The van der Waals surface area contributed by atoms with E-state index in [-0.39, 0.29) is 23.8 Å². The van der Waals surface area contributed by atoms with Crippen molar-refractivity contribution in [3.63, 3.8) is 0 Å². The van der Waals surface area contributed by atoms with Gasteiger partial charge in [-0.3, -0.25) is 14.5 Å². The summed E-state index contributed by atoms with van der Waals surface area (Å²) >= 11 is 6.09. The third-order valence-electron chi connectivity index (χ3n) is 7.00. The smallest absolute Gasteiger partial charge is 0.255 e. The van der Waals surface area contributed by atoms with Crippen LogP contribution in [-0.4, -0.2) is 93.9 Å². The van der Waals surface area contributed by atoms with Gasteiger partial charge in [0.05, 0.1) is 48.6 Å². The molecule has 4 rings (SSSR count). The summed E-state index contributed by atoms with van der Waals surface area (Å²) in [4.78, 5) is 29.7. The Hall–Kier alpha value is -2.07. The van der Waals surface area contributed by atoms with Crippen LogP contribution in [0.25, 0.3) is 0 Å². The third-order valence-corrected chi connectivity index (χ3v) is 7.33. The van der Waals surface area contributed by atoms with Gasteiger partial charge in [-0.2, -0.15) is 0 Å². The average molecular weight is 495 g/mol. The number of nitrogens with one attached hydrogen (secondary N) is 1. The number of nitrogens with zero attached hydrogens (tertiary/aromatic N) is 2. The molecule has 34 heavy (non-hydrogen) atoms. The summed E-state index contributed by atoms with van der Waals surface area (Å²) in [5.41, 5.74) is 6.52. The molecule has 3 heterocycles. The van der Waals surface area contributed by atoms with Gasteiger partial charge in [0.1, 0.15) is 5.75 Å². The van der Waals surface area contributed by atoms with E-state index in [0.29, 0.717) is 54.3 Å². The Morgan fingerprint density at radius 2 is 2.00 bits per heavy atom. The van der Waals surface area contributed by atoms with Gasteiger partial charge in [-0.1, -0.05) is 11.6 Å². The number of likely N-dealkylation sites (tertiary alicyclic amines) is 1. The number of piperidine rings is 1. The molecule has 2 amide bonds. The van der Waals surface area contributed by atoms with Gasteiger partial charge in [0.25, 0.3) is 5.91 Å². The molecule has 0 spiro atoms. The highest BCUT2D eigenvalue weighted by Gasteiger charge is 2.32. The zero-order valence-electron chi connectivity index (χ0n) is 19.8. The normalized spacial score (nSPS) is 24.2. The quantitative estimate of drug-likeness (QED) is 0.555. The van der Waals surface area contributed by atoms with E-state index in [4.69, 9.17) is 31.5 Å². The number of morpholine rings is 1. The van der Waals surface area contributed by atoms with E-state index in [1.807, 2.05) is 4.90 Å². The fourth-order valence-corrected chi connectivity index (χ4v) is 5.14. The Labute approximate surface area is 205 Å². The topological polar surface area (TPSA) is 106 Å². The van der Waals surface area contributed by atoms with Crippen LogP contribution in [-0.2, 0) is 14.3 Å². The molecule has 1 aromatic carbocycles. The highest BCUT2D eigenvalue weighted by Crippen LogP contribution is 2.29. The minimum atomic E-state index is -0.274. The second kappa shape index (κ2) is 11.6. The molecular weight excluding hydrogens is 460 g/mol. The molecule has 0 radical (unpaired) electrons. The maximum atomic E-state index is 12.7. The maximum absolute atomic E-state index is 12.7. The summed E-state index contributed by atoms with van der Waals surface area (Å²) in [6.45, 7) is 6.60. The highest BCUT2D eigenvalue weighted by molar-refractivity contribution is 6.33. The van der Waals surface area contributed by atoms with Crippen LogP contribution in [0.3, 0.4) is 0 Å². The lowest BCUT2D eigenvalue weighted by Gasteiger charge is -2.38. The zero-order valence-corrected chi connectivity index (χ0v) is 20.5. The van der Waals surface area contributed by atoms with E-state index in [2.05, 4.69) is 10.2 Å². The first-order valence-electron chi connectivity index (χ1n) is 12.1. The van der Waals surface area contributed by atoms with Crippen LogP contribution in [0, 0.1) is 11.8 Å². The van der Waals surface area contributed by atoms with Gasteiger partial charge in [0.2, 0.25) is 5.91 Å². The molecule has 9 nitrogen and oxygen atoms in total. The Kier molecular flexibility index (Phi) is 8.52. The molecule has 3 aliphatic heterocycles. The fraction of sp³-hybridized carbons (Fsp3) is 0.667. The van der Waals surface area contributed by atoms with Gasteiger partial charge >= 0.3 is 0 Å². The number of methoxy groups -OCH3 is 1. The van der Waals surface area contributed by atoms with Crippen molar-refractivity contribution in [2.24, 2.45) is 11.8 Å². The summed E-state index contributed by atoms with van der Waals surface area (Å²) in [5.74, 6) is 0.992. The molecule has 0 aromatic heterocycles. The first kappa shape index (κ1) is 25.0. The molecule has 3 saturated heterocycles. The van der Waals surface area contributed by atoms with Crippen molar-refractivity contribution in [3.05, 3.63) is 22.7 Å². The number of hydrogen-bond acceptors (Lipinski definition) is 7. The molecule has 10 heteroatoms. The van der Waals surface area contributed by atoms with Crippen molar-refractivity contribution in [1.82, 2.24) is 15.1 Å². The number of nitrogens with two attached hydrogens (primary N) is 1. The SMILES string of the molecule is COc1cc(N)c(Cl)cc1C(=O)NCC1CN(CC2CCN(C(=O)C3CCOC3)CC2)CCO1. The van der Waals surface area contributed by atoms with E-state index >= 15 is 0 Å². The van der Waals surface area contributed by atoms with Crippen molar-refractivity contribution in [3.8, 4) is 5.75 Å². The number of carbonyl (C=O) groups excluding carboxylic acids is 2. The zero-order chi connectivity index (χ0) is 24.1. The molecule has 0 saturated carbocycles. The molecule has 3 N–H and O–H groups in total. The van der Waals surface area contributed by atoms with Crippen LogP contribution in [0.15, 0.2) is 12.1 Å². The van der Waals surface area contributed by atoms with E-state index in [0.717, 1.165) is 52.0 Å². The third kappa shape index (κ3) is 6.13. The predicted octanol–water partition coefficient (Wildman–Crippen LogP) is 1.64. The number of anilines is 1. The van der Waals surface area contributed by atoms with E-state index < -0.39 is 0 Å².